The third kappa shape index (κ3) is 5.51. The molecule has 188 valence electrons. The first-order valence-electron chi connectivity index (χ1n) is 13.4. The van der Waals surface area contributed by atoms with Gasteiger partial charge in [-0.05, 0) is 89.2 Å². The quantitative estimate of drug-likeness (QED) is 0.657. The summed E-state index contributed by atoms with van der Waals surface area (Å²) in [4.78, 5) is 27.7. The molecule has 0 radical (unpaired) electrons. The summed E-state index contributed by atoms with van der Waals surface area (Å²) in [6.45, 7) is 7.25. The molecule has 7 nitrogen and oxygen atoms in total. The molecular weight excluding hydrogens is 438 g/mol. The molecule has 0 unspecified atom stereocenters. The Hall–Kier alpha value is -2.51. The van der Waals surface area contributed by atoms with Crippen LogP contribution in [-0.4, -0.2) is 66.7 Å². The number of nitrogens with one attached hydrogen (secondary N) is 1. The van der Waals surface area contributed by atoms with Crippen LogP contribution in [0, 0.1) is 6.92 Å². The van der Waals surface area contributed by atoms with Gasteiger partial charge in [-0.15, -0.1) is 0 Å². The number of likely N-dealkylation sites (tertiary alicyclic amines) is 1. The molecule has 35 heavy (non-hydrogen) atoms. The monoisotopic (exact) mass is 477 g/mol. The van der Waals surface area contributed by atoms with Gasteiger partial charge in [0.1, 0.15) is 17.4 Å². The number of hydrogen-bond donors (Lipinski definition) is 1. The molecule has 4 heterocycles. The largest absolute Gasteiger partial charge is 0.497 e. The van der Waals surface area contributed by atoms with Gasteiger partial charge in [0.2, 0.25) is 5.91 Å². The third-order valence-electron chi connectivity index (χ3n) is 8.00. The standard InChI is InChI=1S/C28H39N5O2/c1-20-25-11-12-26(34)33(18-3-5-21-7-9-24(35-2)10-8-21)28(25)31-27(30-20)22-6-4-17-32(19-22)23-13-15-29-16-14-23/h7-10,22-23,29H,3-6,11-19H2,1-2H3/t22-/m0/s1. The second-order valence-corrected chi connectivity index (χ2v) is 10.3. The van der Waals surface area contributed by atoms with Gasteiger partial charge in [-0.1, -0.05) is 12.1 Å². The highest BCUT2D eigenvalue weighted by Gasteiger charge is 2.32. The van der Waals surface area contributed by atoms with Gasteiger partial charge >= 0.3 is 0 Å². The Labute approximate surface area is 209 Å². The third-order valence-corrected chi connectivity index (χ3v) is 8.00. The molecule has 5 rings (SSSR count). The first-order valence-corrected chi connectivity index (χ1v) is 13.4. The van der Waals surface area contributed by atoms with Crippen molar-refractivity contribution in [2.24, 2.45) is 0 Å². The summed E-state index contributed by atoms with van der Waals surface area (Å²) in [5, 5.41) is 3.49. The Kier molecular flexibility index (Phi) is 7.63. The van der Waals surface area contributed by atoms with E-state index in [4.69, 9.17) is 14.7 Å². The van der Waals surface area contributed by atoms with Crippen molar-refractivity contribution in [3.8, 4) is 5.75 Å². The van der Waals surface area contributed by atoms with Gasteiger partial charge in [0, 0.05) is 42.7 Å². The Balaban J connectivity index is 1.30. The molecule has 1 amide bonds. The number of amides is 1. The molecule has 0 spiro atoms. The lowest BCUT2D eigenvalue weighted by Crippen LogP contribution is -2.47. The number of ether oxygens (including phenoxy) is 1. The first kappa shape index (κ1) is 24.2. The topological polar surface area (TPSA) is 70.6 Å². The van der Waals surface area contributed by atoms with Gasteiger partial charge in [-0.2, -0.15) is 0 Å². The first-order chi connectivity index (χ1) is 17.1. The summed E-state index contributed by atoms with van der Waals surface area (Å²) in [5.74, 6) is 3.22. The van der Waals surface area contributed by atoms with Crippen LogP contribution in [0.4, 0.5) is 5.82 Å². The van der Waals surface area contributed by atoms with Crippen LogP contribution < -0.4 is 15.0 Å². The Morgan fingerprint density at radius 1 is 1.09 bits per heavy atom. The van der Waals surface area contributed by atoms with Crippen LogP contribution in [0.25, 0.3) is 0 Å². The molecule has 1 atom stereocenters. The average molecular weight is 478 g/mol. The van der Waals surface area contributed by atoms with Gasteiger partial charge in [-0.25, -0.2) is 9.97 Å². The molecule has 2 saturated heterocycles. The predicted molar refractivity (Wildman–Crippen MR) is 138 cm³/mol. The lowest BCUT2D eigenvalue weighted by Gasteiger charge is -2.40. The van der Waals surface area contributed by atoms with E-state index < -0.39 is 0 Å². The molecule has 0 aliphatic carbocycles. The second-order valence-electron chi connectivity index (χ2n) is 10.3. The summed E-state index contributed by atoms with van der Waals surface area (Å²) >= 11 is 0. The van der Waals surface area contributed by atoms with Crippen LogP contribution in [0.1, 0.15) is 67.1 Å². The summed E-state index contributed by atoms with van der Waals surface area (Å²) in [6.07, 6.45) is 7.91. The zero-order chi connectivity index (χ0) is 24.2. The maximum atomic E-state index is 13.0. The van der Waals surface area contributed by atoms with Gasteiger partial charge < -0.3 is 10.1 Å². The minimum atomic E-state index is 0.191. The van der Waals surface area contributed by atoms with E-state index >= 15 is 0 Å². The molecule has 1 N–H and O–H groups in total. The van der Waals surface area contributed by atoms with E-state index in [0.717, 1.165) is 74.0 Å². The van der Waals surface area contributed by atoms with E-state index in [9.17, 15) is 4.79 Å². The molecule has 3 aliphatic rings. The van der Waals surface area contributed by atoms with Gasteiger partial charge in [0.15, 0.2) is 0 Å². The van der Waals surface area contributed by atoms with Crippen molar-refractivity contribution in [3.05, 3.63) is 46.9 Å². The molecule has 1 aromatic carbocycles. The molecule has 7 heteroatoms. The zero-order valence-corrected chi connectivity index (χ0v) is 21.3. The molecule has 0 bridgehead atoms. The maximum Gasteiger partial charge on any atom is 0.228 e. The van der Waals surface area contributed by atoms with Crippen LogP contribution >= 0.6 is 0 Å². The SMILES string of the molecule is COc1ccc(CCCN2C(=O)CCc3c(C)nc([C@H]4CCCN(C5CCNCC5)C4)nc32)cc1. The van der Waals surface area contributed by atoms with Gasteiger partial charge in [0.05, 0.1) is 7.11 Å². The fraction of sp³-hybridized carbons (Fsp3) is 0.607. The summed E-state index contributed by atoms with van der Waals surface area (Å²) in [5.41, 5.74) is 3.47. The zero-order valence-electron chi connectivity index (χ0n) is 21.3. The van der Waals surface area contributed by atoms with E-state index in [2.05, 4.69) is 29.3 Å². The highest BCUT2D eigenvalue weighted by atomic mass is 16.5. The molecule has 2 aromatic rings. The second kappa shape index (κ2) is 11.0. The number of carbonyl (C=O) groups is 1. The van der Waals surface area contributed by atoms with Crippen LogP contribution in [0.3, 0.4) is 0 Å². The van der Waals surface area contributed by atoms with Crippen LogP contribution in [0.2, 0.25) is 0 Å². The number of methoxy groups -OCH3 is 1. The number of carbonyl (C=O) groups excluding carboxylic acids is 1. The number of benzene rings is 1. The average Bonchev–Trinajstić information content (AvgIpc) is 2.91. The van der Waals surface area contributed by atoms with E-state index in [0.29, 0.717) is 24.9 Å². The number of aromatic nitrogens is 2. The molecule has 0 saturated carbocycles. The Morgan fingerprint density at radius 3 is 2.66 bits per heavy atom. The number of hydrogen-bond acceptors (Lipinski definition) is 6. The number of anilines is 1. The molecule has 2 fully saturated rings. The number of aryl methyl sites for hydroxylation is 2. The van der Waals surface area contributed by atoms with Crippen LogP contribution in [0.15, 0.2) is 24.3 Å². The van der Waals surface area contributed by atoms with Crippen molar-refractivity contribution < 1.29 is 9.53 Å². The fourth-order valence-electron chi connectivity index (χ4n) is 5.97. The van der Waals surface area contributed by atoms with Crippen molar-refractivity contribution in [2.45, 2.75) is 70.3 Å². The fourth-order valence-corrected chi connectivity index (χ4v) is 5.97. The van der Waals surface area contributed by atoms with E-state index in [1.807, 2.05) is 17.0 Å². The van der Waals surface area contributed by atoms with E-state index in [1.54, 1.807) is 7.11 Å². The summed E-state index contributed by atoms with van der Waals surface area (Å²) in [6, 6.07) is 8.88. The maximum absolute atomic E-state index is 13.0. The van der Waals surface area contributed by atoms with Crippen molar-refractivity contribution >= 4 is 11.7 Å². The smallest absolute Gasteiger partial charge is 0.228 e. The normalized spacial score (nSPS) is 21.7. The van der Waals surface area contributed by atoms with Gasteiger partial charge in [0.25, 0.3) is 0 Å². The highest BCUT2D eigenvalue weighted by molar-refractivity contribution is 5.95. The number of rotatable bonds is 7. The van der Waals surface area contributed by atoms with Crippen molar-refractivity contribution in [2.75, 3.05) is 44.7 Å². The molecule has 1 aromatic heterocycles. The highest BCUT2D eigenvalue weighted by Crippen LogP contribution is 2.33. The molecular formula is C28H39N5O2. The number of piperidine rings is 2. The van der Waals surface area contributed by atoms with Crippen molar-refractivity contribution in [1.82, 2.24) is 20.2 Å². The minimum absolute atomic E-state index is 0.191. The van der Waals surface area contributed by atoms with Gasteiger partial charge in [-0.3, -0.25) is 14.6 Å². The van der Waals surface area contributed by atoms with E-state index in [1.165, 1.54) is 31.4 Å². The van der Waals surface area contributed by atoms with Crippen LogP contribution in [0.5, 0.6) is 5.75 Å². The summed E-state index contributed by atoms with van der Waals surface area (Å²) < 4.78 is 5.26. The Morgan fingerprint density at radius 2 is 1.89 bits per heavy atom. The lowest BCUT2D eigenvalue weighted by atomic mass is 9.93. The van der Waals surface area contributed by atoms with Crippen molar-refractivity contribution in [1.29, 1.82) is 0 Å². The minimum Gasteiger partial charge on any atom is -0.497 e. The number of nitrogens with zero attached hydrogens (tertiary/aromatic N) is 4. The van der Waals surface area contributed by atoms with Crippen molar-refractivity contribution in [3.63, 3.8) is 0 Å². The van der Waals surface area contributed by atoms with E-state index in [-0.39, 0.29) is 5.91 Å². The predicted octanol–water partition coefficient (Wildman–Crippen LogP) is 3.64. The Bertz CT molecular complexity index is 1020. The summed E-state index contributed by atoms with van der Waals surface area (Å²) in [7, 11) is 1.69. The van der Waals surface area contributed by atoms with Crippen LogP contribution in [-0.2, 0) is 17.6 Å². The number of fused-ring (bicyclic) bond motifs is 1. The molecule has 3 aliphatic heterocycles. The lowest BCUT2D eigenvalue weighted by molar-refractivity contribution is -0.119.